The number of carbonyl (C=O) groups is 1. The molecule has 0 fully saturated rings. The van der Waals surface area contributed by atoms with Crippen molar-refractivity contribution in [1.29, 1.82) is 0 Å². The second kappa shape index (κ2) is 5.01. The second-order valence-electron chi connectivity index (χ2n) is 4.31. The van der Waals surface area contributed by atoms with Gasteiger partial charge in [0.2, 0.25) is 5.89 Å². The predicted molar refractivity (Wildman–Crippen MR) is 73.9 cm³/mol. The van der Waals surface area contributed by atoms with E-state index in [2.05, 4.69) is 21.5 Å². The molecule has 0 aliphatic rings. The SMILES string of the molecule is CCCc1nnsc1-c1nc2cc(C(=O)O)ccc2o1. The van der Waals surface area contributed by atoms with Crippen molar-refractivity contribution < 1.29 is 14.3 Å². The Bertz CT molecular complexity index is 778. The number of aryl methyl sites for hydroxylation is 1. The number of fused-ring (bicyclic) bond motifs is 1. The lowest BCUT2D eigenvalue weighted by molar-refractivity contribution is 0.0697. The summed E-state index contributed by atoms with van der Waals surface area (Å²) < 4.78 is 9.59. The van der Waals surface area contributed by atoms with E-state index in [1.807, 2.05) is 0 Å². The number of benzene rings is 1. The Morgan fingerprint density at radius 2 is 2.30 bits per heavy atom. The predicted octanol–water partition coefficient (Wildman–Crippen LogP) is 3.00. The van der Waals surface area contributed by atoms with Crippen molar-refractivity contribution in [3.63, 3.8) is 0 Å². The molecule has 0 saturated heterocycles. The number of aromatic nitrogens is 3. The van der Waals surface area contributed by atoms with Crippen LogP contribution in [0.5, 0.6) is 0 Å². The number of carboxylic acid groups (broad SMARTS) is 1. The van der Waals surface area contributed by atoms with Crippen LogP contribution in [-0.2, 0) is 6.42 Å². The summed E-state index contributed by atoms with van der Waals surface area (Å²) in [5.41, 5.74) is 2.13. The maximum atomic E-state index is 10.9. The van der Waals surface area contributed by atoms with Crippen LogP contribution in [0.25, 0.3) is 21.9 Å². The van der Waals surface area contributed by atoms with E-state index in [1.165, 1.54) is 23.7 Å². The third-order valence-electron chi connectivity index (χ3n) is 2.87. The topological polar surface area (TPSA) is 89.1 Å². The third-order valence-corrected chi connectivity index (χ3v) is 3.63. The van der Waals surface area contributed by atoms with Crippen LogP contribution >= 0.6 is 11.5 Å². The molecule has 0 bridgehead atoms. The number of hydrogen-bond acceptors (Lipinski definition) is 6. The van der Waals surface area contributed by atoms with Crippen molar-refractivity contribution in [2.24, 2.45) is 0 Å². The monoisotopic (exact) mass is 289 g/mol. The van der Waals surface area contributed by atoms with Crippen molar-refractivity contribution >= 4 is 28.6 Å². The maximum Gasteiger partial charge on any atom is 0.335 e. The van der Waals surface area contributed by atoms with Crippen molar-refractivity contribution in [3.8, 4) is 10.8 Å². The number of nitrogens with zero attached hydrogens (tertiary/aromatic N) is 3. The van der Waals surface area contributed by atoms with Crippen LogP contribution in [0.2, 0.25) is 0 Å². The van der Waals surface area contributed by atoms with E-state index in [0.717, 1.165) is 23.4 Å². The van der Waals surface area contributed by atoms with Crippen LogP contribution in [0.4, 0.5) is 0 Å². The lowest BCUT2D eigenvalue weighted by Crippen LogP contribution is -1.94. The Kier molecular flexibility index (Phi) is 3.19. The first-order chi connectivity index (χ1) is 9.69. The second-order valence-corrected chi connectivity index (χ2v) is 5.06. The zero-order chi connectivity index (χ0) is 14.1. The van der Waals surface area contributed by atoms with Crippen molar-refractivity contribution in [2.75, 3.05) is 0 Å². The number of aromatic carboxylic acids is 1. The van der Waals surface area contributed by atoms with Crippen molar-refractivity contribution in [1.82, 2.24) is 14.6 Å². The highest BCUT2D eigenvalue weighted by atomic mass is 32.1. The average molecular weight is 289 g/mol. The van der Waals surface area contributed by atoms with Gasteiger partial charge in [-0.25, -0.2) is 9.78 Å². The van der Waals surface area contributed by atoms with E-state index in [4.69, 9.17) is 9.52 Å². The fourth-order valence-electron chi connectivity index (χ4n) is 1.93. The largest absolute Gasteiger partial charge is 0.478 e. The first kappa shape index (κ1) is 12.7. The molecule has 7 heteroatoms. The van der Waals surface area contributed by atoms with Gasteiger partial charge >= 0.3 is 5.97 Å². The Hall–Kier alpha value is -2.28. The maximum absolute atomic E-state index is 10.9. The van der Waals surface area contributed by atoms with Gasteiger partial charge in [0, 0.05) is 0 Å². The molecule has 0 saturated carbocycles. The lowest BCUT2D eigenvalue weighted by atomic mass is 10.2. The number of oxazole rings is 1. The lowest BCUT2D eigenvalue weighted by Gasteiger charge is -1.93. The summed E-state index contributed by atoms with van der Waals surface area (Å²) in [5.74, 6) is -0.538. The molecule has 0 amide bonds. The Morgan fingerprint density at radius 3 is 3.05 bits per heavy atom. The van der Waals surface area contributed by atoms with Gasteiger partial charge in [0.15, 0.2) is 5.58 Å². The summed E-state index contributed by atoms with van der Waals surface area (Å²) >= 11 is 1.23. The zero-order valence-electron chi connectivity index (χ0n) is 10.7. The molecule has 0 radical (unpaired) electrons. The van der Waals surface area contributed by atoms with Crippen molar-refractivity contribution in [2.45, 2.75) is 19.8 Å². The summed E-state index contributed by atoms with van der Waals surface area (Å²) in [5, 5.41) is 13.0. The normalized spacial score (nSPS) is 11.1. The highest BCUT2D eigenvalue weighted by Gasteiger charge is 2.17. The molecule has 3 aromatic rings. The minimum Gasteiger partial charge on any atom is -0.478 e. The van der Waals surface area contributed by atoms with Gasteiger partial charge in [0.25, 0.3) is 0 Å². The van der Waals surface area contributed by atoms with Crippen LogP contribution in [0.3, 0.4) is 0 Å². The third kappa shape index (κ3) is 2.16. The summed E-state index contributed by atoms with van der Waals surface area (Å²) in [7, 11) is 0. The number of rotatable bonds is 4. The summed E-state index contributed by atoms with van der Waals surface area (Å²) in [6.07, 6.45) is 1.77. The van der Waals surface area contributed by atoms with Gasteiger partial charge in [0.05, 0.1) is 11.3 Å². The van der Waals surface area contributed by atoms with Gasteiger partial charge in [-0.15, -0.1) is 5.10 Å². The summed E-state index contributed by atoms with van der Waals surface area (Å²) in [4.78, 5) is 16.1. The van der Waals surface area contributed by atoms with Crippen LogP contribution in [0, 0.1) is 0 Å². The smallest absolute Gasteiger partial charge is 0.335 e. The van der Waals surface area contributed by atoms with Gasteiger partial charge in [0.1, 0.15) is 10.4 Å². The van der Waals surface area contributed by atoms with Crippen LogP contribution < -0.4 is 0 Å². The van der Waals surface area contributed by atoms with Crippen LogP contribution in [0.1, 0.15) is 29.4 Å². The average Bonchev–Trinajstić information content (AvgIpc) is 3.03. The van der Waals surface area contributed by atoms with Gasteiger partial charge in [-0.3, -0.25) is 0 Å². The Balaban J connectivity index is 2.08. The molecule has 0 aliphatic carbocycles. The summed E-state index contributed by atoms with van der Waals surface area (Å²) in [6.45, 7) is 2.06. The molecular weight excluding hydrogens is 278 g/mol. The fourth-order valence-corrected chi connectivity index (χ4v) is 2.56. The van der Waals surface area contributed by atoms with E-state index < -0.39 is 5.97 Å². The first-order valence-electron chi connectivity index (χ1n) is 6.14. The van der Waals surface area contributed by atoms with Gasteiger partial charge < -0.3 is 9.52 Å². The van der Waals surface area contributed by atoms with E-state index in [9.17, 15) is 4.79 Å². The molecule has 0 spiro atoms. The van der Waals surface area contributed by atoms with Gasteiger partial charge in [-0.05, 0) is 36.2 Å². The standard InChI is InChI=1S/C13H11N3O3S/c1-2-3-8-11(20-16-15-8)12-14-9-6-7(13(17)18)4-5-10(9)19-12/h4-6H,2-3H2,1H3,(H,17,18). The van der Waals surface area contributed by atoms with Crippen LogP contribution in [0.15, 0.2) is 22.6 Å². The highest BCUT2D eigenvalue weighted by Crippen LogP contribution is 2.29. The van der Waals surface area contributed by atoms with Gasteiger partial charge in [-0.2, -0.15) is 0 Å². The molecule has 1 N–H and O–H groups in total. The molecular formula is C13H11N3O3S. The molecule has 6 nitrogen and oxygen atoms in total. The minimum atomic E-state index is -0.984. The molecule has 0 aliphatic heterocycles. The minimum absolute atomic E-state index is 0.188. The number of hydrogen-bond donors (Lipinski definition) is 1. The molecule has 102 valence electrons. The Labute approximate surface area is 118 Å². The quantitative estimate of drug-likeness (QED) is 0.794. The van der Waals surface area contributed by atoms with Gasteiger partial charge in [-0.1, -0.05) is 17.8 Å². The van der Waals surface area contributed by atoms with E-state index >= 15 is 0 Å². The highest BCUT2D eigenvalue weighted by molar-refractivity contribution is 7.09. The molecule has 0 atom stereocenters. The molecule has 2 aromatic heterocycles. The Morgan fingerprint density at radius 1 is 1.45 bits per heavy atom. The molecule has 1 aromatic carbocycles. The van der Waals surface area contributed by atoms with E-state index in [-0.39, 0.29) is 5.56 Å². The van der Waals surface area contributed by atoms with E-state index in [0.29, 0.717) is 17.0 Å². The van der Waals surface area contributed by atoms with Crippen molar-refractivity contribution in [3.05, 3.63) is 29.5 Å². The molecule has 0 unspecified atom stereocenters. The molecule has 2 heterocycles. The fraction of sp³-hybridized carbons (Fsp3) is 0.231. The first-order valence-corrected chi connectivity index (χ1v) is 6.92. The molecule has 3 rings (SSSR count). The molecule has 20 heavy (non-hydrogen) atoms. The van der Waals surface area contributed by atoms with Crippen LogP contribution in [-0.4, -0.2) is 25.6 Å². The van der Waals surface area contributed by atoms with E-state index in [1.54, 1.807) is 6.07 Å². The summed E-state index contributed by atoms with van der Waals surface area (Å²) in [6, 6.07) is 4.61. The number of carboxylic acids is 1. The zero-order valence-corrected chi connectivity index (χ0v) is 11.5.